The molecule has 0 fully saturated rings. The lowest BCUT2D eigenvalue weighted by Gasteiger charge is -2.08. The van der Waals surface area contributed by atoms with Gasteiger partial charge in [0.2, 0.25) is 11.8 Å². The molecule has 0 aliphatic heterocycles. The van der Waals surface area contributed by atoms with E-state index in [4.69, 9.17) is 0 Å². The predicted octanol–water partition coefficient (Wildman–Crippen LogP) is 3.10. The molecule has 0 aliphatic rings. The van der Waals surface area contributed by atoms with Gasteiger partial charge >= 0.3 is 0 Å². The van der Waals surface area contributed by atoms with Crippen molar-refractivity contribution in [1.82, 2.24) is 0 Å². The molecular formula is C16H14F2N2O2. The van der Waals surface area contributed by atoms with E-state index in [1.165, 1.54) is 13.0 Å². The van der Waals surface area contributed by atoms with E-state index >= 15 is 0 Å². The first kappa shape index (κ1) is 15.6. The maximum absolute atomic E-state index is 13.4. The van der Waals surface area contributed by atoms with E-state index in [1.54, 1.807) is 24.3 Å². The molecule has 2 amide bonds. The van der Waals surface area contributed by atoms with Gasteiger partial charge in [-0.3, -0.25) is 9.59 Å². The van der Waals surface area contributed by atoms with Gasteiger partial charge in [0.15, 0.2) is 0 Å². The van der Waals surface area contributed by atoms with E-state index in [9.17, 15) is 18.4 Å². The summed E-state index contributed by atoms with van der Waals surface area (Å²) in [7, 11) is 0. The Labute approximate surface area is 126 Å². The molecule has 0 unspecified atom stereocenters. The zero-order valence-electron chi connectivity index (χ0n) is 11.8. The molecule has 2 aromatic rings. The van der Waals surface area contributed by atoms with Gasteiger partial charge in [0.25, 0.3) is 0 Å². The zero-order chi connectivity index (χ0) is 16.1. The number of carbonyl (C=O) groups is 2. The summed E-state index contributed by atoms with van der Waals surface area (Å²) >= 11 is 0. The van der Waals surface area contributed by atoms with Crippen molar-refractivity contribution < 1.29 is 18.4 Å². The number of benzene rings is 2. The average molecular weight is 304 g/mol. The van der Waals surface area contributed by atoms with Crippen LogP contribution in [0.5, 0.6) is 0 Å². The molecular weight excluding hydrogens is 290 g/mol. The lowest BCUT2D eigenvalue weighted by atomic mass is 10.1. The first-order valence-electron chi connectivity index (χ1n) is 6.56. The van der Waals surface area contributed by atoms with Crippen LogP contribution in [0.15, 0.2) is 42.5 Å². The van der Waals surface area contributed by atoms with E-state index in [0.29, 0.717) is 11.3 Å². The lowest BCUT2D eigenvalue weighted by molar-refractivity contribution is -0.116. The topological polar surface area (TPSA) is 58.2 Å². The quantitative estimate of drug-likeness (QED) is 0.912. The van der Waals surface area contributed by atoms with Crippen molar-refractivity contribution in [3.8, 4) is 0 Å². The van der Waals surface area contributed by atoms with Crippen molar-refractivity contribution in [3.63, 3.8) is 0 Å². The van der Waals surface area contributed by atoms with Crippen molar-refractivity contribution in [2.45, 2.75) is 13.3 Å². The normalized spacial score (nSPS) is 10.1. The van der Waals surface area contributed by atoms with Crippen LogP contribution in [0.25, 0.3) is 0 Å². The Morgan fingerprint density at radius 3 is 2.09 bits per heavy atom. The Kier molecular flexibility index (Phi) is 4.83. The highest BCUT2D eigenvalue weighted by Gasteiger charge is 2.12. The predicted molar refractivity (Wildman–Crippen MR) is 79.4 cm³/mol. The van der Waals surface area contributed by atoms with E-state index < -0.39 is 23.2 Å². The van der Waals surface area contributed by atoms with Gasteiger partial charge in [-0.1, -0.05) is 18.2 Å². The molecule has 0 aliphatic carbocycles. The van der Waals surface area contributed by atoms with E-state index in [1.807, 2.05) is 0 Å². The smallest absolute Gasteiger partial charge is 0.228 e. The molecule has 0 saturated carbocycles. The number of halogens is 2. The Hall–Kier alpha value is -2.76. The summed E-state index contributed by atoms with van der Waals surface area (Å²) in [6, 6.07) is 9.97. The fourth-order valence-electron chi connectivity index (χ4n) is 1.90. The number of amides is 2. The van der Waals surface area contributed by atoms with Gasteiger partial charge in [0, 0.05) is 12.6 Å². The number of hydrogen-bond acceptors (Lipinski definition) is 2. The van der Waals surface area contributed by atoms with Gasteiger partial charge in [0.1, 0.15) is 17.3 Å². The number of rotatable bonds is 4. The van der Waals surface area contributed by atoms with Crippen LogP contribution in [0.2, 0.25) is 0 Å². The third kappa shape index (κ3) is 4.12. The average Bonchev–Trinajstić information content (AvgIpc) is 2.45. The summed E-state index contributed by atoms with van der Waals surface area (Å²) in [4.78, 5) is 22.7. The van der Waals surface area contributed by atoms with Gasteiger partial charge in [-0.25, -0.2) is 8.78 Å². The summed E-state index contributed by atoms with van der Waals surface area (Å²) in [6.45, 7) is 1.39. The number of anilines is 2. The third-order valence-corrected chi connectivity index (χ3v) is 2.87. The van der Waals surface area contributed by atoms with Crippen molar-refractivity contribution in [2.24, 2.45) is 0 Å². The summed E-state index contributed by atoms with van der Waals surface area (Å²) in [5.74, 6) is -2.37. The first-order chi connectivity index (χ1) is 10.5. The Bertz CT molecular complexity index is 680. The fraction of sp³-hybridized carbons (Fsp3) is 0.125. The molecule has 6 heteroatoms. The second kappa shape index (κ2) is 6.80. The highest BCUT2D eigenvalue weighted by Crippen LogP contribution is 2.18. The summed E-state index contributed by atoms with van der Waals surface area (Å²) in [5.41, 5.74) is 0.808. The van der Waals surface area contributed by atoms with Crippen molar-refractivity contribution in [3.05, 3.63) is 59.7 Å². The summed E-state index contributed by atoms with van der Waals surface area (Å²) < 4.78 is 26.9. The zero-order valence-corrected chi connectivity index (χ0v) is 11.8. The third-order valence-electron chi connectivity index (χ3n) is 2.87. The monoisotopic (exact) mass is 304 g/mol. The Balaban J connectivity index is 2.01. The van der Waals surface area contributed by atoms with Crippen LogP contribution in [-0.2, 0) is 16.0 Å². The molecule has 0 bridgehead atoms. The van der Waals surface area contributed by atoms with Crippen LogP contribution in [0, 0.1) is 11.6 Å². The SMILES string of the molecule is CC(=O)Nc1ccc(CC(=O)Nc2c(F)cccc2F)cc1. The van der Waals surface area contributed by atoms with Gasteiger partial charge in [-0.15, -0.1) is 0 Å². The van der Waals surface area contributed by atoms with Crippen LogP contribution in [0.3, 0.4) is 0 Å². The standard InChI is InChI=1S/C16H14F2N2O2/c1-10(21)19-12-7-5-11(6-8-12)9-15(22)20-16-13(17)3-2-4-14(16)18/h2-8H,9H2,1H3,(H,19,21)(H,20,22). The largest absolute Gasteiger partial charge is 0.326 e. The molecule has 0 saturated heterocycles. The summed E-state index contributed by atoms with van der Waals surface area (Å²) in [6.07, 6.45) is -0.0336. The van der Waals surface area contributed by atoms with Gasteiger partial charge in [-0.05, 0) is 29.8 Å². The Morgan fingerprint density at radius 2 is 1.55 bits per heavy atom. The number of para-hydroxylation sites is 1. The first-order valence-corrected chi connectivity index (χ1v) is 6.56. The Morgan fingerprint density at radius 1 is 0.955 bits per heavy atom. The van der Waals surface area contributed by atoms with Crippen LogP contribution in [0.1, 0.15) is 12.5 Å². The van der Waals surface area contributed by atoms with Gasteiger partial charge in [-0.2, -0.15) is 0 Å². The molecule has 0 aromatic heterocycles. The number of nitrogens with one attached hydrogen (secondary N) is 2. The van der Waals surface area contributed by atoms with Crippen LogP contribution in [0.4, 0.5) is 20.2 Å². The summed E-state index contributed by atoms with van der Waals surface area (Å²) in [5, 5.41) is 4.82. The molecule has 0 radical (unpaired) electrons. The lowest BCUT2D eigenvalue weighted by Crippen LogP contribution is -2.16. The van der Waals surface area contributed by atoms with Gasteiger partial charge in [0.05, 0.1) is 6.42 Å². The second-order valence-electron chi connectivity index (χ2n) is 4.70. The van der Waals surface area contributed by atoms with Crippen LogP contribution >= 0.6 is 0 Å². The molecule has 4 nitrogen and oxygen atoms in total. The molecule has 2 aromatic carbocycles. The number of carbonyl (C=O) groups excluding carboxylic acids is 2. The van der Waals surface area contributed by atoms with E-state index in [-0.39, 0.29) is 12.3 Å². The van der Waals surface area contributed by atoms with Crippen LogP contribution in [-0.4, -0.2) is 11.8 Å². The molecule has 22 heavy (non-hydrogen) atoms. The highest BCUT2D eigenvalue weighted by molar-refractivity contribution is 5.92. The van der Waals surface area contributed by atoms with Crippen molar-refractivity contribution in [2.75, 3.05) is 10.6 Å². The highest BCUT2D eigenvalue weighted by atomic mass is 19.1. The maximum Gasteiger partial charge on any atom is 0.228 e. The second-order valence-corrected chi connectivity index (χ2v) is 4.70. The van der Waals surface area contributed by atoms with E-state index in [0.717, 1.165) is 12.1 Å². The molecule has 0 spiro atoms. The number of hydrogen-bond donors (Lipinski definition) is 2. The van der Waals surface area contributed by atoms with Crippen molar-refractivity contribution >= 4 is 23.2 Å². The fourth-order valence-corrected chi connectivity index (χ4v) is 1.90. The maximum atomic E-state index is 13.4. The van der Waals surface area contributed by atoms with Crippen LogP contribution < -0.4 is 10.6 Å². The molecule has 0 heterocycles. The van der Waals surface area contributed by atoms with Gasteiger partial charge < -0.3 is 10.6 Å². The van der Waals surface area contributed by atoms with E-state index in [2.05, 4.69) is 10.6 Å². The minimum atomic E-state index is -0.825. The molecule has 114 valence electrons. The minimum Gasteiger partial charge on any atom is -0.326 e. The molecule has 2 N–H and O–H groups in total. The molecule has 2 rings (SSSR count). The molecule has 0 atom stereocenters. The van der Waals surface area contributed by atoms with Crippen molar-refractivity contribution in [1.29, 1.82) is 0 Å². The minimum absolute atomic E-state index is 0.0336.